The fourth-order valence-corrected chi connectivity index (χ4v) is 2.52. The second-order valence-corrected chi connectivity index (χ2v) is 7.45. The second kappa shape index (κ2) is 5.29. The minimum Gasteiger partial charge on any atom is -0.444 e. The molecule has 1 saturated carbocycles. The van der Waals surface area contributed by atoms with Crippen molar-refractivity contribution in [2.45, 2.75) is 49.6 Å². The van der Waals surface area contributed by atoms with E-state index in [4.69, 9.17) is 4.74 Å². The molecule has 7 heteroatoms. The Morgan fingerprint density at radius 1 is 1.29 bits per heavy atom. The van der Waals surface area contributed by atoms with Gasteiger partial charge in [-0.25, -0.2) is 4.79 Å². The zero-order chi connectivity index (χ0) is 15.8. The lowest BCUT2D eigenvalue weighted by Gasteiger charge is -2.19. The van der Waals surface area contributed by atoms with Crippen LogP contribution in [0.5, 0.6) is 0 Å². The minimum atomic E-state index is -4.67. The molecule has 1 amide bonds. The molecule has 1 aliphatic carbocycles. The molecule has 0 saturated heterocycles. The van der Waals surface area contributed by atoms with Crippen LogP contribution in [-0.4, -0.2) is 26.2 Å². The van der Waals surface area contributed by atoms with Gasteiger partial charge in [0, 0.05) is 12.0 Å². The van der Waals surface area contributed by atoms with Gasteiger partial charge in [0.25, 0.3) is 0 Å². The van der Waals surface area contributed by atoms with Crippen LogP contribution in [0.3, 0.4) is 0 Å². The topological polar surface area (TPSA) is 72.5 Å². The zero-order valence-electron chi connectivity index (χ0n) is 12.1. The summed E-state index contributed by atoms with van der Waals surface area (Å²) in [5.74, 6) is 0.105. The highest BCUT2D eigenvalue weighted by Gasteiger charge is 2.40. The first-order chi connectivity index (χ1) is 9.56. The van der Waals surface area contributed by atoms with E-state index in [0.29, 0.717) is 0 Å². The van der Waals surface area contributed by atoms with Gasteiger partial charge < -0.3 is 10.1 Å². The number of alkyl carbamates (subject to hydrolysis) is 1. The van der Waals surface area contributed by atoms with Crippen LogP contribution < -0.4 is 5.32 Å². The van der Waals surface area contributed by atoms with Crippen LogP contribution in [-0.2, 0) is 15.0 Å². The lowest BCUT2D eigenvalue weighted by molar-refractivity contribution is 0.0523. The van der Waals surface area contributed by atoms with Crippen molar-refractivity contribution >= 4 is 16.3 Å². The summed E-state index contributed by atoms with van der Waals surface area (Å²) in [7, 11) is -4.67. The van der Waals surface area contributed by atoms with Crippen LogP contribution in [0.15, 0.2) is 29.2 Å². The number of hydrogen-bond acceptors (Lipinski definition) is 4. The van der Waals surface area contributed by atoms with E-state index in [9.17, 15) is 17.1 Å². The molecule has 0 bridgehead atoms. The van der Waals surface area contributed by atoms with Crippen molar-refractivity contribution < 1.29 is 21.8 Å². The number of ether oxygens (including phenoxy) is 1. The standard InChI is InChI=1S/C14H18FNO4S/c1-14(2,3)20-13(17)16-12-8-11(12)9-4-6-10(7-5-9)21(15,18)19/h4-7,11-12H,8H2,1-3H3,(H,16,17)/t11-,12+/m0/s1. The van der Waals surface area contributed by atoms with Crippen LogP contribution in [0.2, 0.25) is 0 Å². The van der Waals surface area contributed by atoms with Crippen molar-refractivity contribution in [2.24, 2.45) is 0 Å². The van der Waals surface area contributed by atoms with Crippen LogP contribution in [0.1, 0.15) is 38.7 Å². The predicted octanol–water partition coefficient (Wildman–Crippen LogP) is 2.73. The molecule has 116 valence electrons. The number of halogens is 1. The van der Waals surface area contributed by atoms with Crippen LogP contribution in [0, 0.1) is 0 Å². The molecule has 0 heterocycles. The summed E-state index contributed by atoms with van der Waals surface area (Å²) in [5, 5.41) is 2.75. The molecule has 2 atom stereocenters. The van der Waals surface area contributed by atoms with E-state index in [-0.39, 0.29) is 16.9 Å². The summed E-state index contributed by atoms with van der Waals surface area (Å²) in [6.45, 7) is 5.35. The molecule has 0 aromatic heterocycles. The van der Waals surface area contributed by atoms with Crippen molar-refractivity contribution in [2.75, 3.05) is 0 Å². The molecule has 1 aromatic carbocycles. The molecule has 1 N–H and O–H groups in total. The number of benzene rings is 1. The average Bonchev–Trinajstić information content (AvgIpc) is 3.04. The summed E-state index contributed by atoms with van der Waals surface area (Å²) in [5.41, 5.74) is 0.314. The molecule has 1 fully saturated rings. The summed E-state index contributed by atoms with van der Waals surface area (Å²) in [4.78, 5) is 11.3. The lowest BCUT2D eigenvalue weighted by Crippen LogP contribution is -2.34. The molecular weight excluding hydrogens is 297 g/mol. The predicted molar refractivity (Wildman–Crippen MR) is 75.3 cm³/mol. The Bertz CT molecular complexity index is 634. The zero-order valence-corrected chi connectivity index (χ0v) is 12.9. The van der Waals surface area contributed by atoms with E-state index >= 15 is 0 Å². The van der Waals surface area contributed by atoms with Crippen molar-refractivity contribution in [3.05, 3.63) is 29.8 Å². The largest absolute Gasteiger partial charge is 0.444 e. The van der Waals surface area contributed by atoms with Crippen molar-refractivity contribution in [1.29, 1.82) is 0 Å². The highest BCUT2D eigenvalue weighted by molar-refractivity contribution is 7.86. The Balaban J connectivity index is 1.93. The van der Waals surface area contributed by atoms with Gasteiger partial charge in [-0.15, -0.1) is 3.89 Å². The van der Waals surface area contributed by atoms with Gasteiger partial charge in [-0.1, -0.05) is 12.1 Å². The van der Waals surface area contributed by atoms with E-state index in [0.717, 1.165) is 12.0 Å². The van der Waals surface area contributed by atoms with Crippen LogP contribution in [0.25, 0.3) is 0 Å². The molecule has 21 heavy (non-hydrogen) atoms. The third-order valence-electron chi connectivity index (χ3n) is 3.08. The molecule has 5 nitrogen and oxygen atoms in total. The highest BCUT2D eigenvalue weighted by atomic mass is 32.3. The fourth-order valence-electron chi connectivity index (χ4n) is 2.06. The van der Waals surface area contributed by atoms with Gasteiger partial charge in [-0.2, -0.15) is 8.42 Å². The normalized spacial score (nSPS) is 21.7. The third kappa shape index (κ3) is 4.42. The van der Waals surface area contributed by atoms with Gasteiger partial charge in [0.1, 0.15) is 5.60 Å². The van der Waals surface area contributed by atoms with Crippen molar-refractivity contribution in [3.8, 4) is 0 Å². The quantitative estimate of drug-likeness (QED) is 0.871. The Morgan fingerprint density at radius 3 is 2.33 bits per heavy atom. The maximum atomic E-state index is 12.8. The van der Waals surface area contributed by atoms with E-state index < -0.39 is 21.9 Å². The number of carbonyl (C=O) groups is 1. The monoisotopic (exact) mass is 315 g/mol. The van der Waals surface area contributed by atoms with Crippen LogP contribution in [0.4, 0.5) is 8.68 Å². The molecule has 2 rings (SSSR count). The smallest absolute Gasteiger partial charge is 0.407 e. The van der Waals surface area contributed by atoms with E-state index in [1.54, 1.807) is 32.9 Å². The van der Waals surface area contributed by atoms with Gasteiger partial charge in [0.05, 0.1) is 4.90 Å². The van der Waals surface area contributed by atoms with Crippen molar-refractivity contribution in [1.82, 2.24) is 5.32 Å². The maximum Gasteiger partial charge on any atom is 0.407 e. The van der Waals surface area contributed by atoms with Crippen molar-refractivity contribution in [3.63, 3.8) is 0 Å². The Kier molecular flexibility index (Phi) is 3.97. The first-order valence-corrected chi connectivity index (χ1v) is 7.99. The van der Waals surface area contributed by atoms with Gasteiger partial charge >= 0.3 is 16.3 Å². The number of carbonyl (C=O) groups excluding carboxylic acids is 1. The first kappa shape index (κ1) is 15.8. The molecule has 1 aromatic rings. The SMILES string of the molecule is CC(C)(C)OC(=O)N[C@@H]1C[C@H]1c1ccc(S(=O)(=O)F)cc1. The van der Waals surface area contributed by atoms with E-state index in [1.807, 2.05) is 0 Å². The molecule has 0 radical (unpaired) electrons. The Morgan fingerprint density at radius 2 is 1.86 bits per heavy atom. The van der Waals surface area contributed by atoms with Gasteiger partial charge in [0.15, 0.2) is 0 Å². The third-order valence-corrected chi connectivity index (χ3v) is 3.92. The Labute approximate surface area is 123 Å². The summed E-state index contributed by atoms with van der Waals surface area (Å²) in [6.07, 6.45) is 0.277. The summed E-state index contributed by atoms with van der Waals surface area (Å²) < 4.78 is 39.4. The first-order valence-electron chi connectivity index (χ1n) is 6.60. The molecule has 0 spiro atoms. The maximum absolute atomic E-state index is 12.8. The average molecular weight is 315 g/mol. The minimum absolute atomic E-state index is 0.0346. The van der Waals surface area contributed by atoms with E-state index in [2.05, 4.69) is 5.32 Å². The van der Waals surface area contributed by atoms with Gasteiger partial charge in [0.2, 0.25) is 0 Å². The van der Waals surface area contributed by atoms with Gasteiger partial charge in [-0.05, 0) is 44.9 Å². The summed E-state index contributed by atoms with van der Waals surface area (Å²) >= 11 is 0. The van der Waals surface area contributed by atoms with Gasteiger partial charge in [-0.3, -0.25) is 0 Å². The molecule has 1 aliphatic rings. The highest BCUT2D eigenvalue weighted by Crippen LogP contribution is 2.41. The second-order valence-electron chi connectivity index (χ2n) is 6.10. The lowest BCUT2D eigenvalue weighted by atomic mass is 10.1. The molecular formula is C14H18FNO4S. The van der Waals surface area contributed by atoms with Crippen LogP contribution >= 0.6 is 0 Å². The summed E-state index contributed by atoms with van der Waals surface area (Å²) in [6, 6.07) is 5.55. The van der Waals surface area contributed by atoms with E-state index in [1.165, 1.54) is 12.1 Å². The molecule has 0 unspecified atom stereocenters. The number of nitrogens with one attached hydrogen (secondary N) is 1. The fraction of sp³-hybridized carbons (Fsp3) is 0.500. The number of hydrogen-bond donors (Lipinski definition) is 1. The number of amides is 1. The molecule has 0 aliphatic heterocycles. The Hall–Kier alpha value is -1.63. The number of rotatable bonds is 3.